The number of quaternary nitrogens is 1. The summed E-state index contributed by atoms with van der Waals surface area (Å²) in [5, 5.41) is 6.43. The molecule has 0 saturated heterocycles. The summed E-state index contributed by atoms with van der Waals surface area (Å²) in [6, 6.07) is 8.33. The van der Waals surface area contributed by atoms with Crippen LogP contribution in [-0.4, -0.2) is 67.0 Å². The lowest BCUT2D eigenvalue weighted by Gasteiger charge is -2.36. The molecule has 246 valence electrons. The molecule has 0 fully saturated rings. The van der Waals surface area contributed by atoms with E-state index in [1.54, 1.807) is 0 Å². The average molecular weight is 608 g/mol. The topological polar surface area (TPSA) is 61.4 Å². The molecule has 2 rings (SSSR count). The van der Waals surface area contributed by atoms with Crippen LogP contribution in [0, 0.1) is 41.5 Å². The summed E-state index contributed by atoms with van der Waals surface area (Å²) >= 11 is 0. The first-order valence-electron chi connectivity index (χ1n) is 17.3. The number of anilines is 2. The number of hydrogen-bond acceptors (Lipinski definition) is 3. The Morgan fingerprint density at radius 2 is 1.18 bits per heavy atom. The molecular weight excluding hydrogens is 544 g/mol. The SMILES string of the molecule is CCCCN(CCCCCCCC[N+](CC)(CC)CC(=O)Nc1c(C)c(C)cc(C)c1C)CC(=O)Nc1c(C)cccc1C. The number of nitrogens with one attached hydrogen (secondary N) is 2. The minimum absolute atomic E-state index is 0.0832. The molecule has 0 heterocycles. The van der Waals surface area contributed by atoms with E-state index in [-0.39, 0.29) is 11.8 Å². The first-order valence-corrected chi connectivity index (χ1v) is 17.3. The van der Waals surface area contributed by atoms with Gasteiger partial charge in [-0.2, -0.15) is 0 Å². The molecule has 0 saturated carbocycles. The molecule has 0 atom stereocenters. The number of carbonyl (C=O) groups excluding carboxylic acids is 2. The monoisotopic (exact) mass is 607 g/mol. The second-order valence-electron chi connectivity index (χ2n) is 13.1. The van der Waals surface area contributed by atoms with Gasteiger partial charge in [-0.25, -0.2) is 0 Å². The van der Waals surface area contributed by atoms with E-state index < -0.39 is 0 Å². The maximum absolute atomic E-state index is 13.2. The highest BCUT2D eigenvalue weighted by molar-refractivity contribution is 5.94. The number of hydrogen-bond donors (Lipinski definition) is 2. The fourth-order valence-electron chi connectivity index (χ4n) is 6.27. The van der Waals surface area contributed by atoms with Crippen molar-refractivity contribution >= 4 is 23.2 Å². The first-order chi connectivity index (χ1) is 21.0. The van der Waals surface area contributed by atoms with E-state index in [0.29, 0.717) is 13.1 Å². The summed E-state index contributed by atoms with van der Waals surface area (Å²) in [5.74, 6) is 0.208. The quantitative estimate of drug-likeness (QED) is 0.117. The third-order valence-electron chi connectivity index (χ3n) is 9.75. The molecule has 2 amide bonds. The zero-order chi connectivity index (χ0) is 32.7. The molecule has 2 N–H and O–H groups in total. The van der Waals surface area contributed by atoms with Crippen LogP contribution in [0.2, 0.25) is 0 Å². The van der Waals surface area contributed by atoms with Gasteiger partial charge in [0.25, 0.3) is 5.91 Å². The Hall–Kier alpha value is -2.70. The molecule has 0 aliphatic heterocycles. The Bertz CT molecular complexity index is 1160. The van der Waals surface area contributed by atoms with Gasteiger partial charge in [-0.05, 0) is 128 Å². The van der Waals surface area contributed by atoms with Gasteiger partial charge in [-0.15, -0.1) is 0 Å². The van der Waals surface area contributed by atoms with Gasteiger partial charge in [0, 0.05) is 11.4 Å². The lowest BCUT2D eigenvalue weighted by molar-refractivity contribution is -0.917. The Labute approximate surface area is 269 Å². The van der Waals surface area contributed by atoms with Crippen molar-refractivity contribution in [2.45, 2.75) is 114 Å². The molecule has 6 nitrogen and oxygen atoms in total. The van der Waals surface area contributed by atoms with Crippen molar-refractivity contribution in [1.29, 1.82) is 0 Å². The molecule has 0 aromatic heterocycles. The average Bonchev–Trinajstić information content (AvgIpc) is 2.99. The Kier molecular flexibility index (Phi) is 16.2. The van der Waals surface area contributed by atoms with Gasteiger partial charge in [-0.3, -0.25) is 14.5 Å². The summed E-state index contributed by atoms with van der Waals surface area (Å²) in [7, 11) is 0. The van der Waals surface area contributed by atoms with Gasteiger partial charge in [0.15, 0.2) is 6.54 Å². The van der Waals surface area contributed by atoms with Gasteiger partial charge in [-0.1, -0.05) is 56.9 Å². The van der Waals surface area contributed by atoms with E-state index in [4.69, 9.17) is 0 Å². The number of rotatable bonds is 20. The minimum Gasteiger partial charge on any atom is -0.324 e. The van der Waals surface area contributed by atoms with Crippen LogP contribution in [0.15, 0.2) is 24.3 Å². The number of para-hydroxylation sites is 1. The van der Waals surface area contributed by atoms with Crippen LogP contribution in [0.3, 0.4) is 0 Å². The molecule has 0 radical (unpaired) electrons. The van der Waals surface area contributed by atoms with Crippen LogP contribution < -0.4 is 10.6 Å². The lowest BCUT2D eigenvalue weighted by Crippen LogP contribution is -2.52. The number of unbranched alkanes of at least 4 members (excludes halogenated alkanes) is 6. The summed E-state index contributed by atoms with van der Waals surface area (Å²) in [4.78, 5) is 28.4. The normalized spacial score (nSPS) is 11.7. The smallest absolute Gasteiger partial charge is 0.279 e. The number of benzene rings is 2. The second kappa shape index (κ2) is 19.0. The van der Waals surface area contributed by atoms with E-state index in [0.717, 1.165) is 85.4 Å². The summed E-state index contributed by atoms with van der Waals surface area (Å²) in [5.41, 5.74) is 8.95. The van der Waals surface area contributed by atoms with Gasteiger partial charge < -0.3 is 15.1 Å². The van der Waals surface area contributed by atoms with Gasteiger partial charge in [0.2, 0.25) is 5.91 Å². The maximum Gasteiger partial charge on any atom is 0.279 e. The summed E-state index contributed by atoms with van der Waals surface area (Å²) < 4.78 is 0.839. The molecule has 0 bridgehead atoms. The van der Waals surface area contributed by atoms with Crippen molar-refractivity contribution in [2.24, 2.45) is 0 Å². The number of amides is 2. The molecule has 0 spiro atoms. The molecule has 2 aromatic carbocycles. The lowest BCUT2D eigenvalue weighted by atomic mass is 9.98. The Morgan fingerprint density at radius 1 is 0.659 bits per heavy atom. The fraction of sp³-hybridized carbons (Fsp3) is 0.632. The zero-order valence-corrected chi connectivity index (χ0v) is 29.6. The highest BCUT2D eigenvalue weighted by Crippen LogP contribution is 2.27. The third kappa shape index (κ3) is 11.7. The van der Waals surface area contributed by atoms with E-state index in [1.165, 1.54) is 47.9 Å². The van der Waals surface area contributed by atoms with Gasteiger partial charge >= 0.3 is 0 Å². The van der Waals surface area contributed by atoms with E-state index in [1.807, 2.05) is 32.0 Å². The summed E-state index contributed by atoms with van der Waals surface area (Å²) in [6.45, 7) is 25.1. The van der Waals surface area contributed by atoms with Crippen molar-refractivity contribution in [3.63, 3.8) is 0 Å². The van der Waals surface area contributed by atoms with E-state index >= 15 is 0 Å². The Balaban J connectivity index is 1.76. The van der Waals surface area contributed by atoms with Crippen LogP contribution in [0.1, 0.15) is 106 Å². The van der Waals surface area contributed by atoms with Crippen molar-refractivity contribution in [3.8, 4) is 0 Å². The van der Waals surface area contributed by atoms with Crippen molar-refractivity contribution in [2.75, 3.05) is 56.4 Å². The first kappa shape index (κ1) is 37.5. The zero-order valence-electron chi connectivity index (χ0n) is 29.6. The van der Waals surface area contributed by atoms with Crippen LogP contribution in [-0.2, 0) is 9.59 Å². The molecule has 0 aliphatic carbocycles. The highest BCUT2D eigenvalue weighted by Gasteiger charge is 2.27. The largest absolute Gasteiger partial charge is 0.324 e. The number of likely N-dealkylation sites (N-methyl/N-ethyl adjacent to an activating group) is 1. The van der Waals surface area contributed by atoms with E-state index in [2.05, 4.69) is 70.1 Å². The highest BCUT2D eigenvalue weighted by atomic mass is 16.2. The van der Waals surface area contributed by atoms with Crippen molar-refractivity contribution in [1.82, 2.24) is 4.90 Å². The van der Waals surface area contributed by atoms with E-state index in [9.17, 15) is 9.59 Å². The number of carbonyl (C=O) groups is 2. The van der Waals surface area contributed by atoms with Crippen LogP contribution in [0.4, 0.5) is 11.4 Å². The molecule has 2 aromatic rings. The third-order valence-corrected chi connectivity index (χ3v) is 9.75. The van der Waals surface area contributed by atoms with Crippen molar-refractivity contribution in [3.05, 3.63) is 57.6 Å². The maximum atomic E-state index is 13.2. The minimum atomic E-state index is 0.0832. The molecule has 44 heavy (non-hydrogen) atoms. The van der Waals surface area contributed by atoms with Gasteiger partial charge in [0.1, 0.15) is 0 Å². The second-order valence-corrected chi connectivity index (χ2v) is 13.1. The van der Waals surface area contributed by atoms with Crippen LogP contribution in [0.25, 0.3) is 0 Å². The van der Waals surface area contributed by atoms with Crippen LogP contribution in [0.5, 0.6) is 0 Å². The van der Waals surface area contributed by atoms with Crippen molar-refractivity contribution < 1.29 is 14.1 Å². The van der Waals surface area contributed by atoms with Gasteiger partial charge in [0.05, 0.1) is 26.2 Å². The predicted octanol–water partition coefficient (Wildman–Crippen LogP) is 8.41. The molecule has 6 heteroatoms. The number of aryl methyl sites for hydroxylation is 4. The molecule has 0 aliphatic rings. The summed E-state index contributed by atoms with van der Waals surface area (Å²) in [6.07, 6.45) is 9.38. The standard InChI is InChI=1S/C38H62N4O2/c1-10-13-23-41(27-35(43)39-37-29(4)21-20-22-30(37)5)24-18-16-14-15-17-19-25-42(11-2,12-3)28-36(44)40-38-33(8)31(6)26-32(7)34(38)9/h20-22,26H,10-19,23-25,27-28H2,1-9H3,(H-,39,40,43,44)/p+1. The Morgan fingerprint density at radius 3 is 1.75 bits per heavy atom. The fourth-order valence-corrected chi connectivity index (χ4v) is 6.27. The molecular formula is C38H63N4O2+. The number of nitrogens with zero attached hydrogens (tertiary/aromatic N) is 2. The predicted molar refractivity (Wildman–Crippen MR) is 189 cm³/mol. The van der Waals surface area contributed by atoms with Crippen LogP contribution >= 0.6 is 0 Å². The molecule has 0 unspecified atom stereocenters.